The van der Waals surface area contributed by atoms with Crippen LogP contribution in [0.3, 0.4) is 0 Å². The number of aromatic hydroxyl groups is 1. The highest BCUT2D eigenvalue weighted by atomic mass is 35.5. The first-order chi connectivity index (χ1) is 19.1. The van der Waals surface area contributed by atoms with Crippen LogP contribution in [-0.2, 0) is 29.6 Å². The van der Waals surface area contributed by atoms with Crippen LogP contribution in [0.2, 0.25) is 5.02 Å². The fourth-order valence-electron chi connectivity index (χ4n) is 8.61. The normalized spacial score (nSPS) is 30.2. The molecule has 0 unspecified atom stereocenters. The minimum atomic E-state index is -0.492. The first-order valence-electron chi connectivity index (χ1n) is 14.3. The fraction of sp³-hybridized carbons (Fsp3) is 0.394. The van der Waals surface area contributed by atoms with E-state index in [4.69, 9.17) is 21.1 Å². The van der Waals surface area contributed by atoms with Gasteiger partial charge in [0, 0.05) is 40.5 Å². The molecule has 3 aliphatic carbocycles. The molecule has 2 fully saturated rings. The monoisotopic (exact) mass is 538 g/mol. The Morgan fingerprint density at radius 2 is 1.92 bits per heavy atom. The minimum Gasteiger partial charge on any atom is -0.504 e. The van der Waals surface area contributed by atoms with Gasteiger partial charge >= 0.3 is 0 Å². The van der Waals surface area contributed by atoms with Crippen LogP contribution in [0.1, 0.15) is 53.3 Å². The van der Waals surface area contributed by atoms with Crippen LogP contribution in [0.25, 0.3) is 10.9 Å². The van der Waals surface area contributed by atoms with Crippen molar-refractivity contribution in [3.63, 3.8) is 0 Å². The number of fused-ring (bicyclic) bond motifs is 4. The predicted octanol–water partition coefficient (Wildman–Crippen LogP) is 6.45. The number of hydrogen-bond donors (Lipinski definition) is 2. The molecule has 3 aromatic carbocycles. The number of phenols is 1. The number of ether oxygens (including phenoxy) is 2. The number of aromatic amines is 1. The zero-order valence-electron chi connectivity index (χ0n) is 21.8. The average molecular weight is 539 g/mol. The summed E-state index contributed by atoms with van der Waals surface area (Å²) in [6, 6.07) is 20.8. The number of likely N-dealkylation sites (tertiary alicyclic amines) is 1. The summed E-state index contributed by atoms with van der Waals surface area (Å²) in [7, 11) is 0. The van der Waals surface area contributed by atoms with Gasteiger partial charge in [-0.15, -0.1) is 0 Å². The van der Waals surface area contributed by atoms with Crippen LogP contribution < -0.4 is 4.74 Å². The maximum Gasteiger partial charge on any atom is 0.166 e. The van der Waals surface area contributed by atoms with Gasteiger partial charge in [-0.2, -0.15) is 0 Å². The molecular weight excluding hydrogens is 508 g/mol. The maximum absolute atomic E-state index is 11.1. The van der Waals surface area contributed by atoms with E-state index in [1.54, 1.807) is 0 Å². The Hall–Kier alpha value is -2.99. The molecule has 1 spiro atoms. The summed E-state index contributed by atoms with van der Waals surface area (Å²) in [5.74, 6) is 1.70. The minimum absolute atomic E-state index is 0.230. The number of nitrogens with zero attached hydrogens (tertiary/aromatic N) is 1. The lowest BCUT2D eigenvalue weighted by atomic mass is 9.48. The molecule has 39 heavy (non-hydrogen) atoms. The van der Waals surface area contributed by atoms with E-state index in [0.717, 1.165) is 60.1 Å². The molecular formula is C33H31ClN2O3. The summed E-state index contributed by atoms with van der Waals surface area (Å²) in [6.45, 7) is 2.68. The van der Waals surface area contributed by atoms with E-state index in [9.17, 15) is 5.11 Å². The first kappa shape index (κ1) is 22.8. The number of aromatic nitrogens is 1. The van der Waals surface area contributed by atoms with Crippen molar-refractivity contribution in [2.45, 2.75) is 61.9 Å². The molecule has 9 rings (SSSR count). The highest BCUT2D eigenvalue weighted by Crippen LogP contribution is 2.70. The lowest BCUT2D eigenvalue weighted by Crippen LogP contribution is -2.75. The Bertz CT molecular complexity index is 1640. The molecule has 0 radical (unpaired) electrons. The van der Waals surface area contributed by atoms with E-state index in [-0.39, 0.29) is 23.3 Å². The molecule has 5 nitrogen and oxygen atoms in total. The topological polar surface area (TPSA) is 57.7 Å². The van der Waals surface area contributed by atoms with Crippen molar-refractivity contribution in [3.05, 3.63) is 93.6 Å². The highest BCUT2D eigenvalue weighted by Gasteiger charge is 2.74. The second kappa shape index (κ2) is 7.81. The van der Waals surface area contributed by atoms with Crippen molar-refractivity contribution in [1.82, 2.24) is 9.88 Å². The Balaban J connectivity index is 1.29. The third kappa shape index (κ3) is 2.93. The smallest absolute Gasteiger partial charge is 0.166 e. The first-order valence-corrected chi connectivity index (χ1v) is 14.7. The molecule has 1 saturated carbocycles. The second-order valence-electron chi connectivity index (χ2n) is 12.4. The zero-order valence-corrected chi connectivity index (χ0v) is 22.5. The van der Waals surface area contributed by atoms with E-state index in [1.165, 1.54) is 34.9 Å². The maximum atomic E-state index is 11.1. The van der Waals surface area contributed by atoms with Crippen LogP contribution in [-0.4, -0.2) is 39.7 Å². The highest BCUT2D eigenvalue weighted by molar-refractivity contribution is 6.30. The molecule has 3 heterocycles. The van der Waals surface area contributed by atoms with Crippen LogP contribution in [0.5, 0.6) is 11.5 Å². The number of para-hydroxylation sites is 1. The Morgan fingerprint density at radius 3 is 2.77 bits per heavy atom. The lowest BCUT2D eigenvalue weighted by Gasteiger charge is -2.64. The number of halogens is 1. The van der Waals surface area contributed by atoms with E-state index in [0.29, 0.717) is 12.4 Å². The summed E-state index contributed by atoms with van der Waals surface area (Å²) in [6.07, 6.45) is 5.11. The van der Waals surface area contributed by atoms with Gasteiger partial charge in [0.15, 0.2) is 17.6 Å². The number of H-pyrrole nitrogens is 1. The molecule has 2 N–H and O–H groups in total. The number of phenolic OH excluding ortho intramolecular Hbond substituents is 1. The molecule has 4 aromatic rings. The standard InChI is InChI=1S/C33H31ClN2O3/c34-22-10-7-20(8-11-22)18-38-33-16-24-23-3-1-2-4-25(23)35-29(24)31-32(33)13-14-36(17-19-5-6-19)27(33)15-21-9-12-26(37)30(39-31)28(21)32/h1-4,7-12,19,27,31,35,37H,5-6,13-18H2/t27-,31+,32+,33-/m1/s1. The van der Waals surface area contributed by atoms with Gasteiger partial charge in [0.1, 0.15) is 5.60 Å². The van der Waals surface area contributed by atoms with Crippen molar-refractivity contribution in [2.24, 2.45) is 5.92 Å². The number of piperidine rings is 1. The predicted molar refractivity (Wildman–Crippen MR) is 151 cm³/mol. The molecule has 5 aliphatic rings. The van der Waals surface area contributed by atoms with Crippen LogP contribution in [0.4, 0.5) is 0 Å². The van der Waals surface area contributed by atoms with Gasteiger partial charge in [0.05, 0.1) is 17.7 Å². The SMILES string of the molecule is Oc1ccc2c3c1O[C@H]1c4[nH]c5ccccc5c4C[C@@]4(OCc5ccc(Cl)cc5)[C@@H](C2)N(CC2CC2)CC[C@]314. The van der Waals surface area contributed by atoms with Crippen molar-refractivity contribution in [1.29, 1.82) is 0 Å². The van der Waals surface area contributed by atoms with E-state index in [2.05, 4.69) is 52.3 Å². The summed E-state index contributed by atoms with van der Waals surface area (Å²) in [5, 5.41) is 13.1. The van der Waals surface area contributed by atoms with E-state index in [1.807, 2.05) is 18.2 Å². The van der Waals surface area contributed by atoms with Gasteiger partial charge in [-0.1, -0.05) is 48.0 Å². The van der Waals surface area contributed by atoms with Crippen molar-refractivity contribution < 1.29 is 14.6 Å². The van der Waals surface area contributed by atoms with Gasteiger partial charge in [-0.25, -0.2) is 0 Å². The number of hydrogen-bond acceptors (Lipinski definition) is 4. The summed E-state index contributed by atoms with van der Waals surface area (Å²) >= 11 is 6.23. The van der Waals surface area contributed by atoms with Crippen LogP contribution >= 0.6 is 11.6 Å². The van der Waals surface area contributed by atoms with Gasteiger partial charge in [-0.3, -0.25) is 4.90 Å². The molecule has 6 heteroatoms. The van der Waals surface area contributed by atoms with Crippen molar-refractivity contribution in [2.75, 3.05) is 13.1 Å². The third-order valence-corrected chi connectivity index (χ3v) is 10.7. The molecule has 1 aromatic heterocycles. The number of nitrogens with one attached hydrogen (secondary N) is 1. The quantitative estimate of drug-likeness (QED) is 0.306. The molecule has 198 valence electrons. The summed E-state index contributed by atoms with van der Waals surface area (Å²) < 4.78 is 14.3. The Morgan fingerprint density at radius 1 is 1.08 bits per heavy atom. The van der Waals surface area contributed by atoms with Gasteiger partial charge in [0.25, 0.3) is 0 Å². The van der Waals surface area contributed by atoms with Crippen LogP contribution in [0.15, 0.2) is 60.7 Å². The number of rotatable bonds is 5. The fourth-order valence-corrected chi connectivity index (χ4v) is 8.74. The Kier molecular flexibility index (Phi) is 4.56. The lowest BCUT2D eigenvalue weighted by molar-refractivity contribution is -0.210. The molecule has 4 atom stereocenters. The second-order valence-corrected chi connectivity index (χ2v) is 12.8. The molecule has 0 amide bonds. The van der Waals surface area contributed by atoms with Crippen molar-refractivity contribution >= 4 is 22.5 Å². The average Bonchev–Trinajstić information content (AvgIpc) is 3.59. The molecule has 1 saturated heterocycles. The molecule has 2 bridgehead atoms. The zero-order chi connectivity index (χ0) is 25.9. The third-order valence-electron chi connectivity index (χ3n) is 10.4. The largest absolute Gasteiger partial charge is 0.504 e. The van der Waals surface area contributed by atoms with Gasteiger partial charge < -0.3 is 19.6 Å². The van der Waals surface area contributed by atoms with Gasteiger partial charge in [-0.05, 0) is 79.1 Å². The summed E-state index contributed by atoms with van der Waals surface area (Å²) in [5.41, 5.74) is 6.35. The summed E-state index contributed by atoms with van der Waals surface area (Å²) in [4.78, 5) is 6.51. The van der Waals surface area contributed by atoms with E-state index < -0.39 is 5.60 Å². The molecule has 2 aliphatic heterocycles. The van der Waals surface area contributed by atoms with E-state index >= 15 is 0 Å². The van der Waals surface area contributed by atoms with Crippen LogP contribution in [0, 0.1) is 5.92 Å². The Labute approximate surface area is 232 Å². The number of benzene rings is 3. The van der Waals surface area contributed by atoms with Crippen molar-refractivity contribution in [3.8, 4) is 11.5 Å². The van der Waals surface area contributed by atoms with Gasteiger partial charge in [0.2, 0.25) is 0 Å².